The van der Waals surface area contributed by atoms with E-state index in [2.05, 4.69) is 32.9 Å². The fourth-order valence-corrected chi connectivity index (χ4v) is 5.97. The van der Waals surface area contributed by atoms with Gasteiger partial charge in [-0.15, -0.1) is 0 Å². The van der Waals surface area contributed by atoms with Crippen molar-refractivity contribution in [2.24, 2.45) is 0 Å². The van der Waals surface area contributed by atoms with Crippen LogP contribution in [-0.2, 0) is 33.1 Å². The van der Waals surface area contributed by atoms with E-state index in [1.165, 1.54) is 19.1 Å². The van der Waals surface area contributed by atoms with Crippen LogP contribution in [0.2, 0.25) is 0 Å². The molecular formula is C32H33N7O7S2. The predicted octanol–water partition coefficient (Wildman–Crippen LogP) is 5.46. The van der Waals surface area contributed by atoms with Gasteiger partial charge in [-0.3, -0.25) is 19.2 Å². The number of hydrogen-bond acceptors (Lipinski definition) is 10. The number of urea groups is 1. The number of benzene rings is 3. The molecule has 0 fully saturated rings. The van der Waals surface area contributed by atoms with E-state index in [0.717, 1.165) is 10.8 Å². The molecule has 0 aliphatic carbocycles. The van der Waals surface area contributed by atoms with Crippen molar-refractivity contribution >= 4 is 60.6 Å². The van der Waals surface area contributed by atoms with E-state index in [1.54, 1.807) is 78.7 Å². The molecule has 1 aliphatic heterocycles. The molecule has 1 aliphatic rings. The van der Waals surface area contributed by atoms with Crippen LogP contribution in [0.25, 0.3) is 0 Å². The van der Waals surface area contributed by atoms with Crippen molar-refractivity contribution in [3.05, 3.63) is 108 Å². The molecule has 16 heteroatoms. The number of nitrogens with zero attached hydrogens (tertiary/aromatic N) is 4. The van der Waals surface area contributed by atoms with Crippen molar-refractivity contribution in [2.45, 2.75) is 20.0 Å². The third kappa shape index (κ3) is 7.50. The molecule has 2 heterocycles. The van der Waals surface area contributed by atoms with Gasteiger partial charge < -0.3 is 14.8 Å². The predicted molar refractivity (Wildman–Crippen MR) is 186 cm³/mol. The number of carbonyl (C=O) groups is 1. The highest BCUT2D eigenvalue weighted by atomic mass is 32.2. The molecule has 0 saturated heterocycles. The molecule has 5 rings (SSSR count). The third-order valence-corrected chi connectivity index (χ3v) is 9.19. The van der Waals surface area contributed by atoms with Crippen LogP contribution in [0.3, 0.4) is 0 Å². The first-order chi connectivity index (χ1) is 22.8. The number of amides is 2. The van der Waals surface area contributed by atoms with Crippen LogP contribution in [0.15, 0.2) is 90.8 Å². The Hall–Kier alpha value is -5.61. The fourth-order valence-electron chi connectivity index (χ4n) is 4.86. The topological polar surface area (TPSA) is 172 Å². The maximum Gasteiger partial charge on any atom is 0.330 e. The molecular weight excluding hydrogens is 659 g/mol. The number of methoxy groups -OCH3 is 2. The number of ether oxygens (including phenoxy) is 2. The van der Waals surface area contributed by atoms with Gasteiger partial charge in [-0.1, -0.05) is 37.4 Å². The van der Waals surface area contributed by atoms with Crippen LogP contribution in [-0.4, -0.2) is 47.1 Å². The highest BCUT2D eigenvalue weighted by Gasteiger charge is 2.34. The summed E-state index contributed by atoms with van der Waals surface area (Å²) in [5.74, 6) is 1.42. The molecule has 0 atom stereocenters. The lowest BCUT2D eigenvalue weighted by Gasteiger charge is -2.36. The van der Waals surface area contributed by atoms with E-state index in [9.17, 15) is 21.6 Å². The number of carbonyl (C=O) groups excluding carboxylic acids is 1. The highest BCUT2D eigenvalue weighted by molar-refractivity contribution is 7.95. The van der Waals surface area contributed by atoms with Crippen LogP contribution >= 0.6 is 0 Å². The third-order valence-electron chi connectivity index (χ3n) is 7.29. The second kappa shape index (κ2) is 13.6. The van der Waals surface area contributed by atoms with Crippen LogP contribution in [0.1, 0.15) is 16.7 Å². The number of anilines is 6. The number of sulfonamides is 2. The molecule has 0 radical (unpaired) electrons. The Bertz CT molecular complexity index is 2080. The first kappa shape index (κ1) is 33.7. The second-order valence-corrected chi connectivity index (χ2v) is 13.8. The summed E-state index contributed by atoms with van der Waals surface area (Å²) >= 11 is 0. The van der Waals surface area contributed by atoms with Gasteiger partial charge in [0, 0.05) is 46.5 Å². The molecule has 0 unspecified atom stereocenters. The Labute approximate surface area is 278 Å². The Balaban J connectivity index is 1.55. The van der Waals surface area contributed by atoms with Gasteiger partial charge in [0.1, 0.15) is 17.3 Å². The molecule has 250 valence electrons. The molecule has 0 spiro atoms. The van der Waals surface area contributed by atoms with E-state index in [1.807, 2.05) is 0 Å². The minimum absolute atomic E-state index is 0.0587. The maximum absolute atomic E-state index is 14.3. The van der Waals surface area contributed by atoms with Gasteiger partial charge in [0.15, 0.2) is 0 Å². The molecule has 1 aromatic heterocycles. The second-order valence-electron chi connectivity index (χ2n) is 10.5. The van der Waals surface area contributed by atoms with Crippen molar-refractivity contribution in [2.75, 3.05) is 38.8 Å². The Morgan fingerprint density at radius 2 is 1.56 bits per heavy atom. The summed E-state index contributed by atoms with van der Waals surface area (Å²) in [5.41, 5.74) is 3.52. The Morgan fingerprint density at radius 3 is 2.19 bits per heavy atom. The monoisotopic (exact) mass is 691 g/mol. The average molecular weight is 692 g/mol. The zero-order valence-electron chi connectivity index (χ0n) is 26.3. The fraction of sp³-hybridized carbons (Fsp3) is 0.156. The number of nitrogens with one attached hydrogen (secondary N) is 3. The highest BCUT2D eigenvalue weighted by Crippen LogP contribution is 2.37. The van der Waals surface area contributed by atoms with Gasteiger partial charge in [0.25, 0.3) is 20.0 Å². The Kier molecular flexibility index (Phi) is 9.58. The molecule has 3 aromatic carbocycles. The molecule has 14 nitrogen and oxygen atoms in total. The Morgan fingerprint density at radius 1 is 0.917 bits per heavy atom. The number of hydrogen-bond donors (Lipinski definition) is 3. The van der Waals surface area contributed by atoms with E-state index in [0.29, 0.717) is 51.1 Å². The van der Waals surface area contributed by atoms with Gasteiger partial charge >= 0.3 is 6.03 Å². The summed E-state index contributed by atoms with van der Waals surface area (Å²) in [6, 6.07) is 16.3. The molecule has 48 heavy (non-hydrogen) atoms. The molecule has 0 saturated carbocycles. The zero-order valence-corrected chi connectivity index (χ0v) is 27.9. The number of rotatable bonds is 13. The normalized spacial score (nSPS) is 12.9. The molecule has 0 bridgehead atoms. The number of para-hydroxylation sites is 1. The first-order valence-corrected chi connectivity index (χ1v) is 17.4. The smallest absolute Gasteiger partial charge is 0.330 e. The summed E-state index contributed by atoms with van der Waals surface area (Å²) in [4.78, 5) is 26.5. The van der Waals surface area contributed by atoms with Crippen LogP contribution in [0.5, 0.6) is 11.5 Å². The van der Waals surface area contributed by atoms with Crippen molar-refractivity contribution in [1.82, 2.24) is 9.97 Å². The van der Waals surface area contributed by atoms with Gasteiger partial charge in [-0.2, -0.15) is 4.98 Å². The summed E-state index contributed by atoms with van der Waals surface area (Å²) in [7, 11) is -4.49. The van der Waals surface area contributed by atoms with Crippen LogP contribution in [0.4, 0.5) is 39.3 Å². The lowest BCUT2D eigenvalue weighted by molar-refractivity contribution is 0.249. The van der Waals surface area contributed by atoms with E-state index in [-0.39, 0.29) is 24.7 Å². The minimum Gasteiger partial charge on any atom is -0.497 e. The van der Waals surface area contributed by atoms with Gasteiger partial charge in [-0.25, -0.2) is 26.6 Å². The van der Waals surface area contributed by atoms with Crippen LogP contribution in [0, 0.1) is 6.92 Å². The van der Waals surface area contributed by atoms with Crippen molar-refractivity contribution in [1.29, 1.82) is 0 Å². The van der Waals surface area contributed by atoms with Crippen molar-refractivity contribution in [3.8, 4) is 11.5 Å². The SMILES string of the molecule is C=CS(=O)(=O)Nc1ccc(CN2C(=O)N(c3cc(OC)cc(OC)c3)Cc3cnc(Nc4c(C)cccc4NS(=O)(=O)C=C)nc32)cc1. The van der Waals surface area contributed by atoms with Crippen molar-refractivity contribution in [3.63, 3.8) is 0 Å². The summed E-state index contributed by atoms with van der Waals surface area (Å²) in [6.45, 7) is 8.63. The first-order valence-electron chi connectivity index (χ1n) is 14.3. The molecule has 2 amide bonds. The largest absolute Gasteiger partial charge is 0.497 e. The summed E-state index contributed by atoms with van der Waals surface area (Å²) in [6.07, 6.45) is 1.59. The van der Waals surface area contributed by atoms with Crippen molar-refractivity contribution < 1.29 is 31.1 Å². The number of aromatic nitrogens is 2. The lowest BCUT2D eigenvalue weighted by atomic mass is 10.1. The van der Waals surface area contributed by atoms with Gasteiger partial charge in [-0.05, 0) is 36.2 Å². The summed E-state index contributed by atoms with van der Waals surface area (Å²) < 4.78 is 64.1. The number of fused-ring (bicyclic) bond motifs is 1. The minimum atomic E-state index is -3.81. The van der Waals surface area contributed by atoms with Gasteiger partial charge in [0.05, 0.1) is 44.4 Å². The van der Waals surface area contributed by atoms with Crippen LogP contribution < -0.4 is 34.0 Å². The molecule has 3 N–H and O–H groups in total. The standard InChI is InChI=1S/C32H33N7O7S2/c1-6-47(41,42)36-24-13-11-22(12-14-24)19-39-30-23(20-38(32(39)40)25-15-26(45-4)17-27(16-25)46-5)18-33-31(35-30)34-29-21(3)9-8-10-28(29)37-48(43,44)7-2/h6-18,36-37H,1-2,19-20H2,3-5H3,(H,33,34,35). The zero-order chi connectivity index (χ0) is 34.6. The average Bonchev–Trinajstić information content (AvgIpc) is 3.07. The quantitative estimate of drug-likeness (QED) is 0.163. The van der Waals surface area contributed by atoms with E-state index < -0.39 is 26.1 Å². The van der Waals surface area contributed by atoms with E-state index in [4.69, 9.17) is 14.5 Å². The van der Waals surface area contributed by atoms with Gasteiger partial charge in [0.2, 0.25) is 5.95 Å². The molecule has 4 aromatic rings. The number of aryl methyl sites for hydroxylation is 1. The lowest BCUT2D eigenvalue weighted by Crippen LogP contribution is -2.47. The maximum atomic E-state index is 14.3. The van der Waals surface area contributed by atoms with E-state index >= 15 is 0 Å². The summed E-state index contributed by atoms with van der Waals surface area (Å²) in [5, 5.41) is 4.72.